The number of para-hydroxylation sites is 1. The molecule has 6 nitrogen and oxygen atoms in total. The number of carbonyl (C=O) groups excluding carboxylic acids is 3. The van der Waals surface area contributed by atoms with Crippen LogP contribution in [0.15, 0.2) is 35.4 Å². The first-order chi connectivity index (χ1) is 14.8. The number of hydrogen-bond donors (Lipinski definition) is 2. The molecule has 1 unspecified atom stereocenters. The molecule has 1 fully saturated rings. The third kappa shape index (κ3) is 4.28. The zero-order chi connectivity index (χ0) is 22.3. The van der Waals surface area contributed by atoms with Crippen molar-refractivity contribution in [3.8, 4) is 0 Å². The SMILES string of the molecule is CC(=O)c1c(C)[nH]c(C(=O)C(C)Sc2cc(C(=O)NC3CC3)c3ccccc3n2)c1C. The summed E-state index contributed by atoms with van der Waals surface area (Å²) >= 11 is 1.31. The summed E-state index contributed by atoms with van der Waals surface area (Å²) in [6, 6.07) is 9.56. The monoisotopic (exact) mass is 435 g/mol. The van der Waals surface area contributed by atoms with Crippen molar-refractivity contribution in [1.82, 2.24) is 15.3 Å². The van der Waals surface area contributed by atoms with Gasteiger partial charge in [-0.2, -0.15) is 0 Å². The molecule has 31 heavy (non-hydrogen) atoms. The van der Waals surface area contributed by atoms with Crippen LogP contribution in [-0.2, 0) is 0 Å². The summed E-state index contributed by atoms with van der Waals surface area (Å²) in [5.74, 6) is -0.269. The molecule has 1 aromatic carbocycles. The number of fused-ring (bicyclic) bond motifs is 1. The number of aryl methyl sites for hydroxylation is 1. The van der Waals surface area contributed by atoms with E-state index in [1.807, 2.05) is 31.2 Å². The highest BCUT2D eigenvalue weighted by Gasteiger charge is 2.27. The second kappa shape index (κ2) is 8.30. The number of ketones is 2. The number of hydrogen-bond acceptors (Lipinski definition) is 5. The molecule has 7 heteroatoms. The smallest absolute Gasteiger partial charge is 0.252 e. The predicted molar refractivity (Wildman–Crippen MR) is 122 cm³/mol. The van der Waals surface area contributed by atoms with E-state index in [1.54, 1.807) is 19.9 Å². The Labute approximate surface area is 185 Å². The normalized spacial score (nSPS) is 14.5. The maximum atomic E-state index is 13.1. The molecule has 2 heterocycles. The maximum absolute atomic E-state index is 13.1. The predicted octanol–water partition coefficient (Wildman–Crippen LogP) is 4.64. The first kappa shape index (κ1) is 21.3. The lowest BCUT2D eigenvalue weighted by Gasteiger charge is -2.13. The molecule has 1 aliphatic rings. The fourth-order valence-corrected chi connectivity index (χ4v) is 4.78. The second-order valence-corrected chi connectivity index (χ2v) is 9.44. The standard InChI is InChI=1S/C24H25N3O3S/c1-12-21(14(3)28)13(2)25-22(12)23(29)15(4)31-20-11-18(24(30)26-16-9-10-16)17-7-5-6-8-19(17)27-20/h5-8,11,15-16,25H,9-10H2,1-4H3,(H,26,30). The number of amides is 1. The molecule has 1 atom stereocenters. The summed E-state index contributed by atoms with van der Waals surface area (Å²) < 4.78 is 0. The number of H-pyrrole nitrogens is 1. The zero-order valence-corrected chi connectivity index (χ0v) is 18.9. The Morgan fingerprint density at radius 1 is 1.19 bits per heavy atom. The summed E-state index contributed by atoms with van der Waals surface area (Å²) in [7, 11) is 0. The number of benzene rings is 1. The van der Waals surface area contributed by atoms with E-state index in [4.69, 9.17) is 0 Å². The molecule has 0 saturated heterocycles. The fourth-order valence-electron chi connectivity index (χ4n) is 3.85. The van der Waals surface area contributed by atoms with Crippen LogP contribution < -0.4 is 5.32 Å². The topological polar surface area (TPSA) is 91.9 Å². The van der Waals surface area contributed by atoms with Crippen LogP contribution in [0.2, 0.25) is 0 Å². The van der Waals surface area contributed by atoms with Gasteiger partial charge in [0.05, 0.1) is 27.0 Å². The Bertz CT molecular complexity index is 1210. The molecule has 1 amide bonds. The number of nitrogens with one attached hydrogen (secondary N) is 2. The average molecular weight is 436 g/mol. The van der Waals surface area contributed by atoms with Gasteiger partial charge in [0.1, 0.15) is 0 Å². The first-order valence-electron chi connectivity index (χ1n) is 10.4. The third-order valence-electron chi connectivity index (χ3n) is 5.55. The lowest BCUT2D eigenvalue weighted by molar-refractivity contribution is 0.0950. The molecule has 2 aromatic heterocycles. The summed E-state index contributed by atoms with van der Waals surface area (Å²) in [4.78, 5) is 45.6. The van der Waals surface area contributed by atoms with Gasteiger partial charge in [0.15, 0.2) is 11.6 Å². The van der Waals surface area contributed by atoms with Crippen molar-refractivity contribution >= 4 is 40.1 Å². The van der Waals surface area contributed by atoms with Crippen LogP contribution in [0.1, 0.15) is 69.2 Å². The quantitative estimate of drug-likeness (QED) is 0.417. The minimum Gasteiger partial charge on any atom is -0.355 e. The van der Waals surface area contributed by atoms with Crippen molar-refractivity contribution in [2.24, 2.45) is 0 Å². The van der Waals surface area contributed by atoms with E-state index >= 15 is 0 Å². The molecule has 0 aliphatic heterocycles. The molecule has 0 radical (unpaired) electrons. The molecule has 4 rings (SSSR count). The molecule has 0 bridgehead atoms. The van der Waals surface area contributed by atoms with Crippen molar-refractivity contribution in [1.29, 1.82) is 0 Å². The number of nitrogens with zero attached hydrogens (tertiary/aromatic N) is 1. The number of rotatable bonds is 7. The Hall–Kier alpha value is -2.93. The third-order valence-corrected chi connectivity index (χ3v) is 6.57. The van der Waals surface area contributed by atoms with E-state index in [2.05, 4.69) is 15.3 Å². The first-order valence-corrected chi connectivity index (χ1v) is 11.3. The van der Waals surface area contributed by atoms with E-state index in [9.17, 15) is 14.4 Å². The largest absolute Gasteiger partial charge is 0.355 e. The second-order valence-electron chi connectivity index (χ2n) is 8.08. The van der Waals surface area contributed by atoms with Crippen LogP contribution in [0.5, 0.6) is 0 Å². The summed E-state index contributed by atoms with van der Waals surface area (Å²) in [5.41, 5.74) is 3.70. The van der Waals surface area contributed by atoms with E-state index in [-0.39, 0.29) is 23.5 Å². The van der Waals surface area contributed by atoms with Crippen LogP contribution in [0.25, 0.3) is 10.9 Å². The average Bonchev–Trinajstić information content (AvgIpc) is 3.48. The number of aromatic amines is 1. The molecular weight excluding hydrogens is 410 g/mol. The Balaban J connectivity index is 1.63. The van der Waals surface area contributed by atoms with Crippen molar-refractivity contribution in [2.75, 3.05) is 0 Å². The highest BCUT2D eigenvalue weighted by Crippen LogP contribution is 2.30. The van der Waals surface area contributed by atoms with Gasteiger partial charge in [0.25, 0.3) is 5.91 Å². The Morgan fingerprint density at radius 2 is 1.90 bits per heavy atom. The number of aromatic nitrogens is 2. The zero-order valence-electron chi connectivity index (χ0n) is 18.0. The number of carbonyl (C=O) groups is 3. The van der Waals surface area contributed by atoms with Crippen molar-refractivity contribution < 1.29 is 14.4 Å². The van der Waals surface area contributed by atoms with Crippen LogP contribution in [0, 0.1) is 13.8 Å². The Kier molecular flexibility index (Phi) is 5.71. The van der Waals surface area contributed by atoms with Gasteiger partial charge in [-0.1, -0.05) is 30.0 Å². The van der Waals surface area contributed by atoms with Gasteiger partial charge in [-0.25, -0.2) is 4.98 Å². The summed E-state index contributed by atoms with van der Waals surface area (Å²) in [6.45, 7) is 6.91. The van der Waals surface area contributed by atoms with Gasteiger partial charge in [-0.15, -0.1) is 0 Å². The minimum absolute atomic E-state index is 0.0619. The summed E-state index contributed by atoms with van der Waals surface area (Å²) in [5, 5.41) is 4.01. The van der Waals surface area contributed by atoms with Gasteiger partial charge in [0.2, 0.25) is 0 Å². The molecule has 1 saturated carbocycles. The highest BCUT2D eigenvalue weighted by atomic mass is 32.2. The number of pyridine rings is 1. The fraction of sp³-hybridized carbons (Fsp3) is 0.333. The van der Waals surface area contributed by atoms with Crippen LogP contribution >= 0.6 is 11.8 Å². The molecule has 3 aromatic rings. The van der Waals surface area contributed by atoms with Crippen molar-refractivity contribution in [3.05, 3.63) is 58.4 Å². The van der Waals surface area contributed by atoms with E-state index < -0.39 is 5.25 Å². The molecule has 2 N–H and O–H groups in total. The highest BCUT2D eigenvalue weighted by molar-refractivity contribution is 8.00. The molecule has 0 spiro atoms. The molecule has 160 valence electrons. The molecular formula is C24H25N3O3S. The van der Waals surface area contributed by atoms with Gasteiger partial charge in [-0.05, 0) is 58.2 Å². The lowest BCUT2D eigenvalue weighted by Crippen LogP contribution is -2.25. The van der Waals surface area contributed by atoms with Gasteiger partial charge in [0, 0.05) is 22.7 Å². The number of thioether (sulfide) groups is 1. The van der Waals surface area contributed by atoms with Crippen molar-refractivity contribution in [3.63, 3.8) is 0 Å². The van der Waals surface area contributed by atoms with Gasteiger partial charge < -0.3 is 10.3 Å². The van der Waals surface area contributed by atoms with Crippen LogP contribution in [0.3, 0.4) is 0 Å². The van der Waals surface area contributed by atoms with Crippen LogP contribution in [-0.4, -0.2) is 38.7 Å². The lowest BCUT2D eigenvalue weighted by atomic mass is 10.0. The van der Waals surface area contributed by atoms with Crippen molar-refractivity contribution in [2.45, 2.75) is 56.9 Å². The van der Waals surface area contributed by atoms with E-state index in [1.165, 1.54) is 18.7 Å². The maximum Gasteiger partial charge on any atom is 0.252 e. The van der Waals surface area contributed by atoms with E-state index in [0.29, 0.717) is 33.1 Å². The van der Waals surface area contributed by atoms with Gasteiger partial charge in [-0.3, -0.25) is 14.4 Å². The number of Topliss-reactive ketones (excluding diaryl/α,β-unsaturated/α-hetero) is 2. The van der Waals surface area contributed by atoms with Crippen LogP contribution in [0.4, 0.5) is 0 Å². The molecule has 1 aliphatic carbocycles. The Morgan fingerprint density at radius 3 is 2.55 bits per heavy atom. The summed E-state index contributed by atoms with van der Waals surface area (Å²) in [6.07, 6.45) is 2.03. The van der Waals surface area contributed by atoms with E-state index in [0.717, 1.165) is 23.7 Å². The minimum atomic E-state index is -0.440. The van der Waals surface area contributed by atoms with Gasteiger partial charge >= 0.3 is 0 Å².